The molecule has 0 atom stereocenters. The predicted molar refractivity (Wildman–Crippen MR) is 90.3 cm³/mol. The SMILES string of the molecule is COc1cc(Cl)ccc1C#Cc1ccccc1/C=C(\Cl)C(F)(F)F. The fourth-order valence-electron chi connectivity index (χ4n) is 1.86. The van der Waals surface area contributed by atoms with Gasteiger partial charge in [0, 0.05) is 16.7 Å². The number of methoxy groups -OCH3 is 1. The van der Waals surface area contributed by atoms with Crippen LogP contribution in [0, 0.1) is 11.8 Å². The van der Waals surface area contributed by atoms with E-state index in [0.29, 0.717) is 21.9 Å². The molecule has 0 N–H and O–H groups in total. The molecule has 2 aromatic carbocycles. The van der Waals surface area contributed by atoms with Gasteiger partial charge < -0.3 is 4.74 Å². The van der Waals surface area contributed by atoms with Gasteiger partial charge in [-0.15, -0.1) is 0 Å². The molecular formula is C18H11Cl2F3O. The first-order chi connectivity index (χ1) is 11.3. The fourth-order valence-corrected chi connectivity index (χ4v) is 2.14. The Morgan fingerprint density at radius 2 is 1.75 bits per heavy atom. The largest absolute Gasteiger partial charge is 0.495 e. The molecule has 0 heterocycles. The Bertz CT molecular complexity index is 830. The molecule has 0 aliphatic heterocycles. The van der Waals surface area contributed by atoms with E-state index in [1.54, 1.807) is 36.4 Å². The fraction of sp³-hybridized carbons (Fsp3) is 0.111. The number of ether oxygens (including phenoxy) is 1. The number of allylic oxidation sites excluding steroid dienone is 1. The zero-order chi connectivity index (χ0) is 17.7. The third-order valence-electron chi connectivity index (χ3n) is 3.01. The molecule has 0 unspecified atom stereocenters. The highest BCUT2D eigenvalue weighted by Gasteiger charge is 2.32. The molecule has 0 fully saturated rings. The second-order valence-electron chi connectivity index (χ2n) is 4.67. The highest BCUT2D eigenvalue weighted by Crippen LogP contribution is 2.31. The van der Waals surface area contributed by atoms with Gasteiger partial charge >= 0.3 is 6.18 Å². The average molecular weight is 371 g/mol. The Morgan fingerprint density at radius 3 is 2.42 bits per heavy atom. The van der Waals surface area contributed by atoms with Gasteiger partial charge in [-0.3, -0.25) is 0 Å². The molecule has 1 nitrogen and oxygen atoms in total. The molecule has 0 spiro atoms. The first-order valence-corrected chi connectivity index (χ1v) is 7.46. The maximum Gasteiger partial charge on any atom is 0.426 e. The van der Waals surface area contributed by atoms with E-state index in [9.17, 15) is 13.2 Å². The summed E-state index contributed by atoms with van der Waals surface area (Å²) in [6.07, 6.45) is -3.74. The zero-order valence-electron chi connectivity index (χ0n) is 12.4. The van der Waals surface area contributed by atoms with Crippen LogP contribution >= 0.6 is 23.2 Å². The summed E-state index contributed by atoms with van der Waals surface area (Å²) in [6, 6.07) is 11.4. The Balaban J connectivity index is 2.43. The highest BCUT2D eigenvalue weighted by molar-refractivity contribution is 6.32. The van der Waals surface area contributed by atoms with Gasteiger partial charge in [-0.1, -0.05) is 53.2 Å². The minimum atomic E-state index is -4.60. The summed E-state index contributed by atoms with van der Waals surface area (Å²) >= 11 is 11.2. The first kappa shape index (κ1) is 18.3. The molecule has 0 aromatic heterocycles. The van der Waals surface area contributed by atoms with Crippen molar-refractivity contribution in [1.82, 2.24) is 0 Å². The second kappa shape index (κ2) is 7.65. The lowest BCUT2D eigenvalue weighted by Crippen LogP contribution is -2.06. The molecular weight excluding hydrogens is 360 g/mol. The number of halogens is 5. The number of rotatable bonds is 2. The van der Waals surface area contributed by atoms with Crippen LogP contribution in [-0.2, 0) is 0 Å². The van der Waals surface area contributed by atoms with Crippen molar-refractivity contribution in [2.24, 2.45) is 0 Å². The second-order valence-corrected chi connectivity index (χ2v) is 5.52. The molecule has 124 valence electrons. The van der Waals surface area contributed by atoms with Gasteiger partial charge in [0.1, 0.15) is 10.8 Å². The molecule has 0 amide bonds. The van der Waals surface area contributed by atoms with E-state index in [4.69, 9.17) is 27.9 Å². The lowest BCUT2D eigenvalue weighted by molar-refractivity contribution is -0.0836. The molecule has 6 heteroatoms. The van der Waals surface area contributed by atoms with Crippen molar-refractivity contribution in [2.45, 2.75) is 6.18 Å². The summed E-state index contributed by atoms with van der Waals surface area (Å²) < 4.78 is 43.0. The Labute approximate surface area is 147 Å². The topological polar surface area (TPSA) is 9.23 Å². The van der Waals surface area contributed by atoms with Gasteiger partial charge in [0.2, 0.25) is 0 Å². The van der Waals surface area contributed by atoms with E-state index in [1.807, 2.05) is 0 Å². The number of hydrogen-bond donors (Lipinski definition) is 0. The lowest BCUT2D eigenvalue weighted by Gasteiger charge is -2.05. The summed E-state index contributed by atoms with van der Waals surface area (Å²) in [6.45, 7) is 0. The van der Waals surface area contributed by atoms with Crippen LogP contribution in [0.15, 0.2) is 47.5 Å². The normalized spacial score (nSPS) is 11.7. The van der Waals surface area contributed by atoms with E-state index in [-0.39, 0.29) is 5.56 Å². The van der Waals surface area contributed by atoms with Crippen molar-refractivity contribution in [1.29, 1.82) is 0 Å². The number of hydrogen-bond acceptors (Lipinski definition) is 1. The van der Waals surface area contributed by atoms with Crippen LogP contribution in [0.5, 0.6) is 5.75 Å². The first-order valence-electron chi connectivity index (χ1n) is 6.70. The van der Waals surface area contributed by atoms with Crippen molar-refractivity contribution < 1.29 is 17.9 Å². The molecule has 0 aliphatic carbocycles. The van der Waals surface area contributed by atoms with Gasteiger partial charge in [-0.05, 0) is 29.8 Å². The maximum absolute atomic E-state index is 12.6. The van der Waals surface area contributed by atoms with Crippen LogP contribution in [0.1, 0.15) is 16.7 Å². The monoisotopic (exact) mass is 370 g/mol. The van der Waals surface area contributed by atoms with Crippen molar-refractivity contribution in [3.05, 3.63) is 69.2 Å². The zero-order valence-corrected chi connectivity index (χ0v) is 13.9. The molecule has 2 rings (SSSR count). The van der Waals surface area contributed by atoms with Gasteiger partial charge in [-0.2, -0.15) is 13.2 Å². The van der Waals surface area contributed by atoms with Crippen LogP contribution in [0.4, 0.5) is 13.2 Å². The van der Waals surface area contributed by atoms with E-state index in [0.717, 1.165) is 6.08 Å². The van der Waals surface area contributed by atoms with Crippen LogP contribution in [-0.4, -0.2) is 13.3 Å². The standard InChI is InChI=1S/C18H11Cl2F3O/c1-24-16-11-15(19)9-8-13(16)7-6-12-4-2-3-5-14(12)10-17(20)18(21,22)23/h2-5,8-11H,1H3/b17-10-. The molecule has 0 radical (unpaired) electrons. The van der Waals surface area contributed by atoms with E-state index < -0.39 is 11.2 Å². The average Bonchev–Trinajstić information content (AvgIpc) is 2.53. The van der Waals surface area contributed by atoms with Gasteiger partial charge in [-0.25, -0.2) is 0 Å². The minimum Gasteiger partial charge on any atom is -0.495 e. The van der Waals surface area contributed by atoms with Crippen molar-refractivity contribution >= 4 is 29.3 Å². The summed E-state index contributed by atoms with van der Waals surface area (Å²) in [5.74, 6) is 6.19. The molecule has 0 aliphatic rings. The number of benzene rings is 2. The van der Waals surface area contributed by atoms with E-state index in [2.05, 4.69) is 11.8 Å². The van der Waals surface area contributed by atoms with Crippen molar-refractivity contribution in [3.63, 3.8) is 0 Å². The smallest absolute Gasteiger partial charge is 0.426 e. The van der Waals surface area contributed by atoms with Crippen LogP contribution in [0.3, 0.4) is 0 Å². The third kappa shape index (κ3) is 4.70. The molecule has 2 aromatic rings. The van der Waals surface area contributed by atoms with E-state index >= 15 is 0 Å². The van der Waals surface area contributed by atoms with Crippen molar-refractivity contribution in [3.8, 4) is 17.6 Å². The Morgan fingerprint density at radius 1 is 1.08 bits per heavy atom. The summed E-state index contributed by atoms with van der Waals surface area (Å²) in [4.78, 5) is 0. The predicted octanol–water partition coefficient (Wildman–Crippen LogP) is 5.89. The summed E-state index contributed by atoms with van der Waals surface area (Å²) in [7, 11) is 1.48. The Kier molecular flexibility index (Phi) is 5.82. The van der Waals surface area contributed by atoms with Crippen molar-refractivity contribution in [2.75, 3.05) is 7.11 Å². The van der Waals surface area contributed by atoms with Crippen LogP contribution < -0.4 is 4.74 Å². The van der Waals surface area contributed by atoms with Crippen LogP contribution in [0.25, 0.3) is 6.08 Å². The van der Waals surface area contributed by atoms with Gasteiger partial charge in [0.05, 0.1) is 12.7 Å². The van der Waals surface area contributed by atoms with Gasteiger partial charge in [0.25, 0.3) is 0 Å². The highest BCUT2D eigenvalue weighted by atomic mass is 35.5. The van der Waals surface area contributed by atoms with E-state index in [1.165, 1.54) is 13.2 Å². The maximum atomic E-state index is 12.6. The Hall–Kier alpha value is -2.09. The lowest BCUT2D eigenvalue weighted by atomic mass is 10.1. The summed E-state index contributed by atoms with van der Waals surface area (Å²) in [5.41, 5.74) is 1.26. The molecule has 0 saturated heterocycles. The van der Waals surface area contributed by atoms with Gasteiger partial charge in [0.15, 0.2) is 0 Å². The summed E-state index contributed by atoms with van der Waals surface area (Å²) in [5, 5.41) is -0.710. The quantitative estimate of drug-likeness (QED) is 0.598. The minimum absolute atomic E-state index is 0.278. The third-order valence-corrected chi connectivity index (χ3v) is 3.57. The number of alkyl halides is 3. The van der Waals surface area contributed by atoms with Crippen LogP contribution in [0.2, 0.25) is 5.02 Å². The molecule has 0 saturated carbocycles. The molecule has 24 heavy (non-hydrogen) atoms. The molecule has 0 bridgehead atoms.